The fourth-order valence-electron chi connectivity index (χ4n) is 1.53. The first-order valence-electron chi connectivity index (χ1n) is 5.51. The van der Waals surface area contributed by atoms with Gasteiger partial charge >= 0.3 is 5.97 Å². The van der Waals surface area contributed by atoms with Crippen LogP contribution in [0.3, 0.4) is 0 Å². The zero-order chi connectivity index (χ0) is 13.7. The maximum atomic E-state index is 12.0. The van der Waals surface area contributed by atoms with E-state index in [4.69, 9.17) is 9.52 Å². The molecule has 1 N–H and O–H groups in total. The van der Waals surface area contributed by atoms with Crippen LogP contribution in [0.4, 0.5) is 0 Å². The van der Waals surface area contributed by atoms with Gasteiger partial charge in [-0.3, -0.25) is 4.79 Å². The van der Waals surface area contributed by atoms with Crippen molar-refractivity contribution in [2.24, 2.45) is 0 Å². The predicted octanol–water partition coefficient (Wildman–Crippen LogP) is 1.73. The second kappa shape index (κ2) is 6.49. The largest absolute Gasteiger partial charge is 0.478 e. The van der Waals surface area contributed by atoms with Crippen molar-refractivity contribution in [2.75, 3.05) is 19.1 Å². The van der Waals surface area contributed by atoms with Crippen molar-refractivity contribution in [3.63, 3.8) is 0 Å². The second-order valence-electron chi connectivity index (χ2n) is 4.05. The molecule has 0 spiro atoms. The highest BCUT2D eigenvalue weighted by molar-refractivity contribution is 7.98. The van der Waals surface area contributed by atoms with Crippen LogP contribution < -0.4 is 0 Å². The van der Waals surface area contributed by atoms with E-state index >= 15 is 0 Å². The van der Waals surface area contributed by atoms with E-state index in [1.165, 1.54) is 12.3 Å². The van der Waals surface area contributed by atoms with Gasteiger partial charge in [-0.05, 0) is 19.2 Å². The van der Waals surface area contributed by atoms with Gasteiger partial charge in [0.1, 0.15) is 11.3 Å². The molecule has 100 valence electrons. The molecule has 0 radical (unpaired) electrons. The number of carbonyl (C=O) groups is 2. The van der Waals surface area contributed by atoms with Crippen molar-refractivity contribution < 1.29 is 19.1 Å². The minimum absolute atomic E-state index is 0.0240. The van der Waals surface area contributed by atoms with E-state index < -0.39 is 5.97 Å². The molecule has 1 rings (SSSR count). The summed E-state index contributed by atoms with van der Waals surface area (Å²) in [6, 6.07) is 1.46. The predicted molar refractivity (Wildman–Crippen MR) is 70.0 cm³/mol. The number of carbonyl (C=O) groups excluding carboxylic acids is 1. The zero-order valence-corrected chi connectivity index (χ0v) is 11.5. The third kappa shape index (κ3) is 3.53. The van der Waals surface area contributed by atoms with E-state index in [1.807, 2.05) is 13.2 Å². The smallest absolute Gasteiger partial charge is 0.339 e. The molecule has 0 saturated heterocycles. The van der Waals surface area contributed by atoms with Crippen LogP contribution >= 0.6 is 11.8 Å². The third-order valence-electron chi connectivity index (χ3n) is 2.75. The Kier molecular flexibility index (Phi) is 5.27. The molecule has 0 aromatic carbocycles. The van der Waals surface area contributed by atoms with Gasteiger partial charge in [0.15, 0.2) is 0 Å². The average Bonchev–Trinajstić information content (AvgIpc) is 2.76. The number of carboxylic acids is 1. The number of hydrogen-bond donors (Lipinski definition) is 1. The Morgan fingerprint density at radius 1 is 1.56 bits per heavy atom. The molecule has 6 heteroatoms. The fourth-order valence-corrected chi connectivity index (χ4v) is 2.23. The quantitative estimate of drug-likeness (QED) is 0.853. The lowest BCUT2D eigenvalue weighted by molar-refractivity contribution is -0.130. The molecule has 5 nitrogen and oxygen atoms in total. The zero-order valence-electron chi connectivity index (χ0n) is 10.7. The number of thioether (sulfide) groups is 1. The van der Waals surface area contributed by atoms with E-state index in [0.717, 1.165) is 5.75 Å². The number of carboxylic acid groups (broad SMARTS) is 1. The molecule has 1 heterocycles. The van der Waals surface area contributed by atoms with Crippen LogP contribution in [0.15, 0.2) is 16.7 Å². The van der Waals surface area contributed by atoms with Gasteiger partial charge in [-0.1, -0.05) is 0 Å². The van der Waals surface area contributed by atoms with Crippen molar-refractivity contribution in [1.82, 2.24) is 4.90 Å². The number of hydrogen-bond acceptors (Lipinski definition) is 4. The van der Waals surface area contributed by atoms with E-state index in [2.05, 4.69) is 0 Å². The molecule has 0 saturated carbocycles. The second-order valence-corrected chi connectivity index (χ2v) is 4.96. The molecular weight excluding hydrogens is 254 g/mol. The molecule has 1 aromatic heterocycles. The van der Waals surface area contributed by atoms with E-state index in [9.17, 15) is 9.59 Å². The van der Waals surface area contributed by atoms with Crippen LogP contribution in [-0.2, 0) is 11.2 Å². The maximum Gasteiger partial charge on any atom is 0.339 e. The Hall–Kier alpha value is -1.43. The Balaban J connectivity index is 2.69. The monoisotopic (exact) mass is 271 g/mol. The highest BCUT2D eigenvalue weighted by atomic mass is 32.2. The normalized spacial score (nSPS) is 12.2. The molecular formula is C12H17NO4S. The van der Waals surface area contributed by atoms with Gasteiger partial charge in [0.25, 0.3) is 0 Å². The highest BCUT2D eigenvalue weighted by Crippen LogP contribution is 2.13. The molecule has 0 aliphatic rings. The van der Waals surface area contributed by atoms with Gasteiger partial charge in [0.05, 0.1) is 12.7 Å². The van der Waals surface area contributed by atoms with Gasteiger partial charge in [0, 0.05) is 18.8 Å². The fraction of sp³-hybridized carbons (Fsp3) is 0.500. The number of amides is 1. The summed E-state index contributed by atoms with van der Waals surface area (Å²) in [5.41, 5.74) is 0.0502. The van der Waals surface area contributed by atoms with E-state index in [1.54, 1.807) is 23.7 Å². The maximum absolute atomic E-state index is 12.0. The summed E-state index contributed by atoms with van der Waals surface area (Å²) in [6.07, 6.45) is 3.24. The molecule has 0 aliphatic carbocycles. The van der Waals surface area contributed by atoms with Crippen molar-refractivity contribution in [3.8, 4) is 0 Å². The van der Waals surface area contributed by atoms with Crippen LogP contribution in [0.25, 0.3) is 0 Å². The summed E-state index contributed by atoms with van der Waals surface area (Å²) in [5.74, 6) is -0.178. The lowest BCUT2D eigenvalue weighted by Gasteiger charge is -2.24. The number of likely N-dealkylation sites (N-methyl/N-ethyl adjacent to an activating group) is 1. The third-order valence-corrected chi connectivity index (χ3v) is 3.57. The van der Waals surface area contributed by atoms with Gasteiger partial charge in [-0.2, -0.15) is 11.8 Å². The van der Waals surface area contributed by atoms with Gasteiger partial charge in [0.2, 0.25) is 5.91 Å². The highest BCUT2D eigenvalue weighted by Gasteiger charge is 2.21. The summed E-state index contributed by atoms with van der Waals surface area (Å²) in [6.45, 7) is 1.95. The van der Waals surface area contributed by atoms with Crippen LogP contribution in [0.1, 0.15) is 23.0 Å². The van der Waals surface area contributed by atoms with Gasteiger partial charge in [-0.15, -0.1) is 0 Å². The molecule has 18 heavy (non-hydrogen) atoms. The SMILES string of the molecule is CSCC(C)N(C)C(=O)Cc1occc1C(=O)O. The molecule has 1 atom stereocenters. The van der Waals surface area contributed by atoms with Crippen molar-refractivity contribution in [3.05, 3.63) is 23.7 Å². The minimum atomic E-state index is -1.08. The van der Waals surface area contributed by atoms with Crippen LogP contribution in [0.2, 0.25) is 0 Å². The molecule has 1 aromatic rings. The lowest BCUT2D eigenvalue weighted by Crippen LogP contribution is -2.37. The first-order chi connectivity index (χ1) is 8.47. The van der Waals surface area contributed by atoms with Crippen LogP contribution in [0, 0.1) is 0 Å². The van der Waals surface area contributed by atoms with Crippen LogP contribution in [-0.4, -0.2) is 47.0 Å². The summed E-state index contributed by atoms with van der Waals surface area (Å²) >= 11 is 1.66. The first kappa shape index (κ1) is 14.6. The van der Waals surface area contributed by atoms with Gasteiger partial charge < -0.3 is 14.4 Å². The molecule has 0 bridgehead atoms. The van der Waals surface area contributed by atoms with Gasteiger partial charge in [-0.25, -0.2) is 4.79 Å². The number of nitrogens with zero attached hydrogens (tertiary/aromatic N) is 1. The Morgan fingerprint density at radius 3 is 2.78 bits per heavy atom. The van der Waals surface area contributed by atoms with Crippen molar-refractivity contribution >= 4 is 23.6 Å². The molecule has 1 amide bonds. The summed E-state index contributed by atoms with van der Waals surface area (Å²) in [7, 11) is 1.71. The van der Waals surface area contributed by atoms with E-state index in [-0.39, 0.29) is 29.7 Å². The summed E-state index contributed by atoms with van der Waals surface area (Å²) < 4.78 is 5.05. The first-order valence-corrected chi connectivity index (χ1v) is 6.91. The van der Waals surface area contributed by atoms with Crippen molar-refractivity contribution in [1.29, 1.82) is 0 Å². The summed E-state index contributed by atoms with van der Waals surface area (Å²) in [4.78, 5) is 24.5. The topological polar surface area (TPSA) is 70.8 Å². The number of aromatic carboxylic acids is 1. The Labute approximate surface area is 110 Å². The molecule has 1 unspecified atom stereocenters. The lowest BCUT2D eigenvalue weighted by atomic mass is 10.2. The molecule has 0 fully saturated rings. The minimum Gasteiger partial charge on any atom is -0.478 e. The Bertz CT molecular complexity index is 429. The number of furan rings is 1. The van der Waals surface area contributed by atoms with E-state index in [0.29, 0.717) is 0 Å². The average molecular weight is 271 g/mol. The molecule has 0 aliphatic heterocycles. The summed E-state index contributed by atoms with van der Waals surface area (Å²) in [5, 5.41) is 8.91. The van der Waals surface area contributed by atoms with Crippen LogP contribution in [0.5, 0.6) is 0 Å². The number of rotatable bonds is 6. The Morgan fingerprint density at radius 2 is 2.22 bits per heavy atom. The van der Waals surface area contributed by atoms with Crippen molar-refractivity contribution in [2.45, 2.75) is 19.4 Å². The standard InChI is InChI=1S/C12H17NO4S/c1-8(7-18-3)13(2)11(14)6-10-9(12(15)16)4-5-17-10/h4-5,8H,6-7H2,1-3H3,(H,15,16).